The van der Waals surface area contributed by atoms with Crippen molar-refractivity contribution < 1.29 is 14.0 Å². The second-order valence-corrected chi connectivity index (χ2v) is 8.04. The van der Waals surface area contributed by atoms with Crippen molar-refractivity contribution in [3.63, 3.8) is 0 Å². The topological polar surface area (TPSA) is 74.6 Å². The highest BCUT2D eigenvalue weighted by molar-refractivity contribution is 6.39. The van der Waals surface area contributed by atoms with Crippen molar-refractivity contribution in [1.82, 2.24) is 5.32 Å². The highest BCUT2D eigenvalue weighted by Gasteiger charge is 2.29. The van der Waals surface area contributed by atoms with Crippen LogP contribution in [0.3, 0.4) is 0 Å². The van der Waals surface area contributed by atoms with Gasteiger partial charge in [0.25, 0.3) is 0 Å². The number of anilines is 2. The summed E-state index contributed by atoms with van der Waals surface area (Å²) < 4.78 is 5.66. The number of aryl methyl sites for hydroxylation is 3. The summed E-state index contributed by atoms with van der Waals surface area (Å²) >= 11 is 0. The van der Waals surface area contributed by atoms with Crippen LogP contribution in [-0.2, 0) is 16.0 Å². The number of carbonyl (C=O) groups is 2. The first-order valence-electron chi connectivity index (χ1n) is 10.5. The van der Waals surface area contributed by atoms with Gasteiger partial charge in [0.05, 0.1) is 6.26 Å². The fourth-order valence-electron chi connectivity index (χ4n) is 4.35. The molecule has 0 radical (unpaired) electrons. The second-order valence-electron chi connectivity index (χ2n) is 8.04. The predicted molar refractivity (Wildman–Crippen MR) is 121 cm³/mol. The van der Waals surface area contributed by atoms with Crippen LogP contribution in [0.25, 0.3) is 0 Å². The first-order valence-corrected chi connectivity index (χ1v) is 10.5. The van der Waals surface area contributed by atoms with E-state index in [9.17, 15) is 9.59 Å². The Kier molecular flexibility index (Phi) is 5.80. The molecule has 6 heteroatoms. The number of carbonyl (C=O) groups excluding carboxylic acids is 2. The molecule has 0 saturated carbocycles. The molecule has 2 heterocycles. The molecule has 0 unspecified atom stereocenters. The number of rotatable bonds is 5. The van der Waals surface area contributed by atoms with Gasteiger partial charge in [-0.3, -0.25) is 9.59 Å². The zero-order valence-electron chi connectivity index (χ0n) is 18.1. The van der Waals surface area contributed by atoms with E-state index in [4.69, 9.17) is 4.42 Å². The van der Waals surface area contributed by atoms with Crippen LogP contribution >= 0.6 is 0 Å². The minimum absolute atomic E-state index is 0.196. The molecular formula is C25H27N3O3. The SMILES string of the molecule is Cc1cc(C)c(NC(=O)C(=O)NC[C@@H](c2ccco2)N2CCc3ccccc32)c(C)c1. The lowest BCUT2D eigenvalue weighted by molar-refractivity contribution is -0.136. The van der Waals surface area contributed by atoms with E-state index in [2.05, 4.69) is 27.7 Å². The number of hydrogen-bond donors (Lipinski definition) is 2. The monoisotopic (exact) mass is 417 g/mol. The standard InChI is InChI=1S/C25H27N3O3/c1-16-13-17(2)23(18(3)14-16)27-25(30)24(29)26-15-21(22-9-6-12-31-22)28-11-10-19-7-4-5-8-20(19)28/h4-9,12-14,21H,10-11,15H2,1-3H3,(H,26,29)(H,27,30)/t21-/m0/s1. The van der Waals surface area contributed by atoms with Crippen molar-refractivity contribution >= 4 is 23.2 Å². The molecule has 3 aromatic rings. The normalized spacial score (nSPS) is 13.6. The third-order valence-electron chi connectivity index (χ3n) is 5.75. The predicted octanol–water partition coefficient (Wildman–Crippen LogP) is 4.06. The minimum atomic E-state index is -0.671. The molecule has 0 saturated heterocycles. The van der Waals surface area contributed by atoms with Crippen LogP contribution < -0.4 is 15.5 Å². The summed E-state index contributed by atoms with van der Waals surface area (Å²) in [5.41, 5.74) is 6.06. The average Bonchev–Trinajstić information content (AvgIpc) is 3.41. The van der Waals surface area contributed by atoms with Gasteiger partial charge in [-0.05, 0) is 62.1 Å². The number of nitrogens with one attached hydrogen (secondary N) is 2. The average molecular weight is 418 g/mol. The first kappa shape index (κ1) is 20.7. The summed E-state index contributed by atoms with van der Waals surface area (Å²) in [5.74, 6) is -0.582. The Morgan fingerprint density at radius 1 is 1.03 bits per heavy atom. The van der Waals surface area contributed by atoms with E-state index in [0.717, 1.165) is 41.1 Å². The van der Waals surface area contributed by atoms with Crippen molar-refractivity contribution in [2.75, 3.05) is 23.3 Å². The highest BCUT2D eigenvalue weighted by Crippen LogP contribution is 2.35. The molecule has 1 atom stereocenters. The molecule has 0 aliphatic carbocycles. The first-order chi connectivity index (χ1) is 14.9. The number of benzene rings is 2. The second kappa shape index (κ2) is 8.68. The third kappa shape index (κ3) is 4.33. The van der Waals surface area contributed by atoms with E-state index < -0.39 is 11.8 Å². The van der Waals surface area contributed by atoms with E-state index in [0.29, 0.717) is 5.69 Å². The maximum atomic E-state index is 12.6. The smallest absolute Gasteiger partial charge is 0.313 e. The van der Waals surface area contributed by atoms with Gasteiger partial charge in [0.15, 0.2) is 0 Å². The van der Waals surface area contributed by atoms with E-state index in [1.807, 2.05) is 57.2 Å². The Morgan fingerprint density at radius 2 is 1.77 bits per heavy atom. The largest absolute Gasteiger partial charge is 0.467 e. The van der Waals surface area contributed by atoms with Gasteiger partial charge >= 0.3 is 11.8 Å². The minimum Gasteiger partial charge on any atom is -0.467 e. The zero-order chi connectivity index (χ0) is 22.0. The molecule has 1 aromatic heterocycles. The molecular weight excluding hydrogens is 390 g/mol. The number of nitrogens with zero attached hydrogens (tertiary/aromatic N) is 1. The molecule has 0 bridgehead atoms. The van der Waals surface area contributed by atoms with Crippen molar-refractivity contribution in [2.45, 2.75) is 33.2 Å². The molecule has 0 fully saturated rings. The van der Waals surface area contributed by atoms with Gasteiger partial charge in [0.2, 0.25) is 0 Å². The molecule has 31 heavy (non-hydrogen) atoms. The summed E-state index contributed by atoms with van der Waals surface area (Å²) in [5, 5.41) is 5.56. The van der Waals surface area contributed by atoms with E-state index in [-0.39, 0.29) is 12.6 Å². The van der Waals surface area contributed by atoms with Crippen molar-refractivity contribution in [1.29, 1.82) is 0 Å². The van der Waals surface area contributed by atoms with Gasteiger partial charge in [-0.1, -0.05) is 35.9 Å². The van der Waals surface area contributed by atoms with Crippen LogP contribution in [0.15, 0.2) is 59.2 Å². The van der Waals surface area contributed by atoms with Gasteiger partial charge in [-0.2, -0.15) is 0 Å². The number of para-hydroxylation sites is 1. The molecule has 2 amide bonds. The molecule has 1 aliphatic rings. The van der Waals surface area contributed by atoms with Crippen LogP contribution in [0.2, 0.25) is 0 Å². The summed E-state index contributed by atoms with van der Waals surface area (Å²) in [6.45, 7) is 6.94. The quantitative estimate of drug-likeness (QED) is 0.614. The molecule has 2 N–H and O–H groups in total. The number of fused-ring (bicyclic) bond motifs is 1. The van der Waals surface area contributed by atoms with Gasteiger partial charge in [0, 0.05) is 24.5 Å². The Labute approximate surface area is 182 Å². The van der Waals surface area contributed by atoms with Crippen molar-refractivity contribution in [3.8, 4) is 0 Å². The third-order valence-corrected chi connectivity index (χ3v) is 5.75. The zero-order valence-corrected chi connectivity index (χ0v) is 18.1. The van der Waals surface area contributed by atoms with E-state index in [1.54, 1.807) is 6.26 Å². The van der Waals surface area contributed by atoms with Gasteiger partial charge in [-0.25, -0.2) is 0 Å². The molecule has 160 valence electrons. The van der Waals surface area contributed by atoms with Crippen molar-refractivity contribution in [3.05, 3.63) is 82.8 Å². The molecule has 2 aromatic carbocycles. The van der Waals surface area contributed by atoms with Crippen LogP contribution in [0.1, 0.15) is 34.1 Å². The van der Waals surface area contributed by atoms with Crippen LogP contribution in [0.5, 0.6) is 0 Å². The summed E-state index contributed by atoms with van der Waals surface area (Å²) in [4.78, 5) is 27.4. The van der Waals surface area contributed by atoms with Gasteiger partial charge in [-0.15, -0.1) is 0 Å². The lowest BCUT2D eigenvalue weighted by Crippen LogP contribution is -2.41. The fraction of sp³-hybridized carbons (Fsp3) is 0.280. The molecule has 4 rings (SSSR count). The van der Waals surface area contributed by atoms with Gasteiger partial charge in [0.1, 0.15) is 11.8 Å². The number of furan rings is 1. The number of hydrogen-bond acceptors (Lipinski definition) is 4. The Morgan fingerprint density at radius 3 is 2.48 bits per heavy atom. The lowest BCUT2D eigenvalue weighted by Gasteiger charge is -2.29. The van der Waals surface area contributed by atoms with Crippen LogP contribution in [0.4, 0.5) is 11.4 Å². The summed E-state index contributed by atoms with van der Waals surface area (Å²) in [6.07, 6.45) is 2.57. The van der Waals surface area contributed by atoms with E-state index in [1.165, 1.54) is 5.56 Å². The molecule has 6 nitrogen and oxygen atoms in total. The summed E-state index contributed by atoms with van der Waals surface area (Å²) in [6, 6.07) is 15.7. The summed E-state index contributed by atoms with van der Waals surface area (Å²) in [7, 11) is 0. The molecule has 1 aliphatic heterocycles. The Balaban J connectivity index is 1.47. The van der Waals surface area contributed by atoms with Gasteiger partial charge < -0.3 is 20.0 Å². The fourth-order valence-corrected chi connectivity index (χ4v) is 4.35. The lowest BCUT2D eigenvalue weighted by atomic mass is 10.1. The highest BCUT2D eigenvalue weighted by atomic mass is 16.3. The van der Waals surface area contributed by atoms with Crippen LogP contribution in [0, 0.1) is 20.8 Å². The maximum Gasteiger partial charge on any atom is 0.313 e. The van der Waals surface area contributed by atoms with Crippen LogP contribution in [-0.4, -0.2) is 24.9 Å². The van der Waals surface area contributed by atoms with E-state index >= 15 is 0 Å². The Hall–Kier alpha value is -3.54. The number of amides is 2. The maximum absolute atomic E-state index is 12.6. The molecule has 0 spiro atoms. The van der Waals surface area contributed by atoms with Crippen molar-refractivity contribution in [2.24, 2.45) is 0 Å². The Bertz CT molecular complexity index is 1080.